The zero-order valence-corrected chi connectivity index (χ0v) is 11.4. The Balaban J connectivity index is 2.89. The largest absolute Gasteiger partial charge is 0.480 e. The maximum absolute atomic E-state index is 11.7. The molecule has 5 nitrogen and oxygen atoms in total. The number of halogens is 2. The van der Waals surface area contributed by atoms with Crippen molar-refractivity contribution in [2.24, 2.45) is 0 Å². The molecular formula is C10H9ClINO4. The Hall–Kier alpha value is -0.860. The number of carbonyl (C=O) groups excluding carboxylic acids is 1. The SMILES string of the molecule is O=C(N[C@@H](CO)C(=O)O)c1cc(Cl)ccc1I. The monoisotopic (exact) mass is 369 g/mol. The predicted molar refractivity (Wildman–Crippen MR) is 70.1 cm³/mol. The van der Waals surface area contributed by atoms with Crippen LogP contribution >= 0.6 is 34.2 Å². The molecule has 7 heteroatoms. The maximum atomic E-state index is 11.7. The number of aliphatic hydroxyl groups excluding tert-OH is 1. The molecule has 0 aromatic heterocycles. The van der Waals surface area contributed by atoms with Crippen LogP contribution in [0.2, 0.25) is 5.02 Å². The fourth-order valence-electron chi connectivity index (χ4n) is 1.09. The van der Waals surface area contributed by atoms with Crippen LogP contribution in [0.4, 0.5) is 0 Å². The molecule has 0 aliphatic rings. The molecule has 1 rings (SSSR count). The number of amides is 1. The van der Waals surface area contributed by atoms with Gasteiger partial charge in [-0.1, -0.05) is 11.6 Å². The van der Waals surface area contributed by atoms with Crippen molar-refractivity contribution < 1.29 is 19.8 Å². The van der Waals surface area contributed by atoms with Gasteiger partial charge >= 0.3 is 5.97 Å². The highest BCUT2D eigenvalue weighted by atomic mass is 127. The number of hydrogen-bond acceptors (Lipinski definition) is 3. The Bertz CT molecular complexity index is 452. The quantitative estimate of drug-likeness (QED) is 0.694. The van der Waals surface area contributed by atoms with Crippen molar-refractivity contribution in [2.45, 2.75) is 6.04 Å². The van der Waals surface area contributed by atoms with E-state index in [1.807, 2.05) is 22.6 Å². The normalized spacial score (nSPS) is 11.9. The highest BCUT2D eigenvalue weighted by molar-refractivity contribution is 14.1. The minimum absolute atomic E-state index is 0.276. The molecule has 92 valence electrons. The van der Waals surface area contributed by atoms with Gasteiger partial charge in [-0.3, -0.25) is 4.79 Å². The second kappa shape index (κ2) is 6.18. The van der Waals surface area contributed by atoms with Crippen LogP contribution in [0, 0.1) is 3.57 Å². The first-order valence-electron chi connectivity index (χ1n) is 4.55. The van der Waals surface area contributed by atoms with Gasteiger partial charge in [0.05, 0.1) is 12.2 Å². The van der Waals surface area contributed by atoms with Crippen molar-refractivity contribution >= 4 is 46.1 Å². The van der Waals surface area contributed by atoms with E-state index in [0.29, 0.717) is 8.59 Å². The third-order valence-corrected chi connectivity index (χ3v) is 3.13. The number of benzene rings is 1. The summed E-state index contributed by atoms with van der Waals surface area (Å²) in [6.45, 7) is -0.668. The molecule has 1 aromatic rings. The smallest absolute Gasteiger partial charge is 0.328 e. The summed E-state index contributed by atoms with van der Waals surface area (Å²) in [5.41, 5.74) is 0.276. The Morgan fingerprint density at radius 2 is 2.12 bits per heavy atom. The summed E-state index contributed by atoms with van der Waals surface area (Å²) in [5.74, 6) is -1.88. The van der Waals surface area contributed by atoms with Gasteiger partial charge in [0.15, 0.2) is 6.04 Å². The molecule has 0 radical (unpaired) electrons. The van der Waals surface area contributed by atoms with Crippen molar-refractivity contribution in [3.05, 3.63) is 32.4 Å². The molecule has 1 atom stereocenters. The van der Waals surface area contributed by atoms with Crippen LogP contribution in [-0.2, 0) is 4.79 Å². The van der Waals surface area contributed by atoms with Crippen LogP contribution < -0.4 is 5.32 Å². The molecule has 3 N–H and O–H groups in total. The molecule has 0 unspecified atom stereocenters. The number of carbonyl (C=O) groups is 2. The third-order valence-electron chi connectivity index (χ3n) is 1.96. The van der Waals surface area contributed by atoms with Crippen molar-refractivity contribution in [1.29, 1.82) is 0 Å². The Morgan fingerprint density at radius 1 is 1.47 bits per heavy atom. The van der Waals surface area contributed by atoms with Crippen LogP contribution in [-0.4, -0.2) is 34.7 Å². The van der Waals surface area contributed by atoms with E-state index >= 15 is 0 Å². The van der Waals surface area contributed by atoms with Gasteiger partial charge in [-0.05, 0) is 40.8 Å². The number of aliphatic carboxylic acids is 1. The van der Waals surface area contributed by atoms with Gasteiger partial charge in [-0.2, -0.15) is 0 Å². The molecule has 1 aromatic carbocycles. The fourth-order valence-corrected chi connectivity index (χ4v) is 1.85. The first-order valence-corrected chi connectivity index (χ1v) is 6.01. The summed E-state index contributed by atoms with van der Waals surface area (Å²) in [4.78, 5) is 22.4. The van der Waals surface area contributed by atoms with Gasteiger partial charge in [0.1, 0.15) is 0 Å². The number of aliphatic hydroxyl groups is 1. The minimum Gasteiger partial charge on any atom is -0.480 e. The van der Waals surface area contributed by atoms with Crippen LogP contribution in [0.15, 0.2) is 18.2 Å². The summed E-state index contributed by atoms with van der Waals surface area (Å²) in [6, 6.07) is 3.39. The summed E-state index contributed by atoms with van der Waals surface area (Å²) >= 11 is 7.68. The predicted octanol–water partition coefficient (Wildman–Crippen LogP) is 1.12. The van der Waals surface area contributed by atoms with Gasteiger partial charge in [0.2, 0.25) is 0 Å². The lowest BCUT2D eigenvalue weighted by molar-refractivity contribution is -0.140. The molecule has 0 aliphatic heterocycles. The molecule has 0 saturated heterocycles. The van der Waals surface area contributed by atoms with E-state index in [1.165, 1.54) is 6.07 Å². The molecular weight excluding hydrogens is 360 g/mol. The van der Waals surface area contributed by atoms with Crippen LogP contribution in [0.5, 0.6) is 0 Å². The molecule has 0 heterocycles. The number of carboxylic acid groups (broad SMARTS) is 1. The molecule has 0 fully saturated rings. The standard InChI is InChI=1S/C10H9ClINO4/c11-5-1-2-7(12)6(3-5)9(15)13-8(4-14)10(16)17/h1-3,8,14H,4H2,(H,13,15)(H,16,17)/t8-/m0/s1. The van der Waals surface area contributed by atoms with E-state index in [1.54, 1.807) is 12.1 Å². The van der Waals surface area contributed by atoms with Gasteiger partial charge < -0.3 is 15.5 Å². The molecule has 0 aliphatic carbocycles. The number of carboxylic acids is 1. The third kappa shape index (κ3) is 3.83. The average Bonchev–Trinajstić information content (AvgIpc) is 2.28. The number of rotatable bonds is 4. The fraction of sp³-hybridized carbons (Fsp3) is 0.200. The number of hydrogen-bond donors (Lipinski definition) is 3. The van der Waals surface area contributed by atoms with Crippen molar-refractivity contribution in [3.63, 3.8) is 0 Å². The van der Waals surface area contributed by atoms with Crippen LogP contribution in [0.3, 0.4) is 0 Å². The molecule has 17 heavy (non-hydrogen) atoms. The second-order valence-corrected chi connectivity index (χ2v) is 4.77. The van der Waals surface area contributed by atoms with Crippen LogP contribution in [0.1, 0.15) is 10.4 Å². The van der Waals surface area contributed by atoms with Gasteiger partial charge in [0, 0.05) is 8.59 Å². The van der Waals surface area contributed by atoms with E-state index in [0.717, 1.165) is 0 Å². The summed E-state index contributed by atoms with van der Waals surface area (Å²) in [6.07, 6.45) is 0. The first-order chi connectivity index (χ1) is 7.95. The number of nitrogens with one attached hydrogen (secondary N) is 1. The Kier molecular flexibility index (Phi) is 5.16. The van der Waals surface area contributed by atoms with E-state index < -0.39 is 24.5 Å². The topological polar surface area (TPSA) is 86.6 Å². The summed E-state index contributed by atoms with van der Waals surface area (Å²) in [7, 11) is 0. The second-order valence-electron chi connectivity index (χ2n) is 3.17. The molecule has 1 amide bonds. The highest BCUT2D eigenvalue weighted by Gasteiger charge is 2.20. The minimum atomic E-state index is -1.32. The lowest BCUT2D eigenvalue weighted by Gasteiger charge is -2.12. The van der Waals surface area contributed by atoms with E-state index in [9.17, 15) is 9.59 Å². The van der Waals surface area contributed by atoms with Gasteiger partial charge in [0.25, 0.3) is 5.91 Å². The Morgan fingerprint density at radius 3 is 2.65 bits per heavy atom. The lowest BCUT2D eigenvalue weighted by Crippen LogP contribution is -2.43. The van der Waals surface area contributed by atoms with E-state index in [4.69, 9.17) is 21.8 Å². The molecule has 0 saturated carbocycles. The highest BCUT2D eigenvalue weighted by Crippen LogP contribution is 2.17. The van der Waals surface area contributed by atoms with Crippen LogP contribution in [0.25, 0.3) is 0 Å². The average molecular weight is 370 g/mol. The first kappa shape index (κ1) is 14.2. The Labute approximate surface area is 116 Å². The summed E-state index contributed by atoms with van der Waals surface area (Å²) < 4.78 is 0.645. The molecule has 0 bridgehead atoms. The zero-order chi connectivity index (χ0) is 13.0. The van der Waals surface area contributed by atoms with E-state index in [2.05, 4.69) is 5.32 Å². The summed E-state index contributed by atoms with van der Waals surface area (Å²) in [5, 5.41) is 20.1. The van der Waals surface area contributed by atoms with Crippen molar-refractivity contribution in [1.82, 2.24) is 5.32 Å². The lowest BCUT2D eigenvalue weighted by atomic mass is 10.2. The van der Waals surface area contributed by atoms with Gasteiger partial charge in [-0.25, -0.2) is 4.79 Å². The van der Waals surface area contributed by atoms with E-state index in [-0.39, 0.29) is 5.56 Å². The van der Waals surface area contributed by atoms with Crippen molar-refractivity contribution in [2.75, 3.05) is 6.61 Å². The zero-order valence-electron chi connectivity index (χ0n) is 8.48. The van der Waals surface area contributed by atoms with Gasteiger partial charge in [-0.15, -0.1) is 0 Å². The molecule has 0 spiro atoms. The van der Waals surface area contributed by atoms with Crippen molar-refractivity contribution in [3.8, 4) is 0 Å². The maximum Gasteiger partial charge on any atom is 0.328 e.